The molecule has 0 radical (unpaired) electrons. The monoisotopic (exact) mass is 455 g/mol. The number of sulfonamides is 1. The number of anilines is 1. The lowest BCUT2D eigenvalue weighted by Crippen LogP contribution is -2.52. The van der Waals surface area contributed by atoms with Crippen LogP contribution in [0.4, 0.5) is 5.69 Å². The molecule has 32 heavy (non-hydrogen) atoms. The van der Waals surface area contributed by atoms with Crippen LogP contribution < -0.4 is 9.64 Å². The minimum absolute atomic E-state index is 0.234. The van der Waals surface area contributed by atoms with Gasteiger partial charge >= 0.3 is 5.91 Å². The highest BCUT2D eigenvalue weighted by molar-refractivity contribution is 7.89. The van der Waals surface area contributed by atoms with Crippen molar-refractivity contribution in [3.05, 3.63) is 53.1 Å². The van der Waals surface area contributed by atoms with Crippen molar-refractivity contribution in [3.63, 3.8) is 0 Å². The van der Waals surface area contributed by atoms with E-state index in [1.807, 2.05) is 17.0 Å². The molecule has 1 fully saturated rings. The predicted octanol–water partition coefficient (Wildman–Crippen LogP) is 1.68. The Morgan fingerprint density at radius 2 is 1.69 bits per heavy atom. The summed E-state index contributed by atoms with van der Waals surface area (Å²) in [4.78, 5) is 28.7. The molecule has 2 heterocycles. The summed E-state index contributed by atoms with van der Waals surface area (Å²) in [6.45, 7) is 1.85. The lowest BCUT2D eigenvalue weighted by molar-refractivity contribution is -0.114. The number of fused-ring (bicyclic) bond motifs is 2. The van der Waals surface area contributed by atoms with Crippen LogP contribution in [0.2, 0.25) is 0 Å². The number of benzene rings is 2. The van der Waals surface area contributed by atoms with Crippen LogP contribution in [0.3, 0.4) is 0 Å². The van der Waals surface area contributed by atoms with Crippen molar-refractivity contribution in [2.75, 3.05) is 44.9 Å². The Kier molecular flexibility index (Phi) is 5.27. The molecule has 0 bridgehead atoms. The average Bonchev–Trinajstić information content (AvgIpc) is 3.37. The largest absolute Gasteiger partial charge is 0.497 e. The summed E-state index contributed by atoms with van der Waals surface area (Å²) < 4.78 is 33.0. The molecule has 3 aliphatic rings. The van der Waals surface area contributed by atoms with Crippen LogP contribution in [0.15, 0.2) is 41.3 Å². The summed E-state index contributed by atoms with van der Waals surface area (Å²) in [6.07, 6.45) is 3.02. The van der Waals surface area contributed by atoms with E-state index in [2.05, 4.69) is 0 Å². The highest BCUT2D eigenvalue weighted by Crippen LogP contribution is 2.33. The highest BCUT2D eigenvalue weighted by Gasteiger charge is 2.38. The number of aryl methyl sites for hydroxylation is 2. The Balaban J connectivity index is 1.28. The lowest BCUT2D eigenvalue weighted by Gasteiger charge is -2.36. The number of carbonyl (C=O) groups is 2. The van der Waals surface area contributed by atoms with Gasteiger partial charge < -0.3 is 4.74 Å². The Morgan fingerprint density at radius 1 is 0.938 bits per heavy atom. The first kappa shape index (κ1) is 21.1. The van der Waals surface area contributed by atoms with E-state index in [0.717, 1.165) is 24.8 Å². The van der Waals surface area contributed by atoms with Gasteiger partial charge in [-0.15, -0.1) is 0 Å². The van der Waals surface area contributed by atoms with Crippen LogP contribution in [0.5, 0.6) is 5.75 Å². The Morgan fingerprint density at radius 3 is 2.44 bits per heavy atom. The average molecular weight is 456 g/mol. The molecule has 5 rings (SSSR count). The second-order valence-corrected chi connectivity index (χ2v) is 10.3. The molecule has 168 valence electrons. The number of methoxy groups -OCH3 is 1. The molecular formula is C23H25N3O5S. The van der Waals surface area contributed by atoms with E-state index in [0.29, 0.717) is 48.1 Å². The van der Waals surface area contributed by atoms with Gasteiger partial charge in [0.25, 0.3) is 5.78 Å². The first-order valence-electron chi connectivity index (χ1n) is 10.8. The number of carbonyl (C=O) groups excluding carboxylic acids is 2. The van der Waals surface area contributed by atoms with E-state index in [1.165, 1.54) is 21.9 Å². The van der Waals surface area contributed by atoms with E-state index >= 15 is 0 Å². The van der Waals surface area contributed by atoms with Gasteiger partial charge in [-0.3, -0.25) is 19.4 Å². The van der Waals surface area contributed by atoms with Crippen LogP contribution in [0, 0.1) is 0 Å². The van der Waals surface area contributed by atoms with Crippen LogP contribution in [0.25, 0.3) is 0 Å². The maximum Gasteiger partial charge on any atom is 0.300 e. The zero-order valence-electron chi connectivity index (χ0n) is 17.9. The molecule has 1 aliphatic carbocycles. The van der Waals surface area contributed by atoms with Gasteiger partial charge in [0.2, 0.25) is 10.0 Å². The van der Waals surface area contributed by atoms with Gasteiger partial charge in [0.15, 0.2) is 0 Å². The van der Waals surface area contributed by atoms with Crippen molar-refractivity contribution in [2.45, 2.75) is 24.2 Å². The van der Waals surface area contributed by atoms with Crippen molar-refractivity contribution in [2.24, 2.45) is 0 Å². The van der Waals surface area contributed by atoms with Crippen molar-refractivity contribution in [1.82, 2.24) is 9.21 Å². The quantitative estimate of drug-likeness (QED) is 0.638. The summed E-state index contributed by atoms with van der Waals surface area (Å²) in [5.41, 5.74) is 3.28. The lowest BCUT2D eigenvalue weighted by atomic mass is 10.1. The molecule has 0 aromatic heterocycles. The number of hydrogen-bond acceptors (Lipinski definition) is 6. The van der Waals surface area contributed by atoms with E-state index in [9.17, 15) is 18.0 Å². The molecule has 8 nitrogen and oxygen atoms in total. The van der Waals surface area contributed by atoms with Crippen LogP contribution >= 0.6 is 0 Å². The SMILES string of the molecule is COc1ccc2c(c1)N(CN1CCN(S(=O)(=O)c3ccc4c(c3)CCC4)CC1)C(=O)C2=O. The Labute approximate surface area is 187 Å². The minimum atomic E-state index is -3.56. The smallest absolute Gasteiger partial charge is 0.300 e. The molecule has 0 unspecified atom stereocenters. The van der Waals surface area contributed by atoms with E-state index < -0.39 is 21.7 Å². The third-order valence-electron chi connectivity index (χ3n) is 6.56. The standard InChI is InChI=1S/C23H25N3O5S/c1-31-18-6-8-20-21(14-18)26(23(28)22(20)27)15-24-9-11-25(12-10-24)32(29,30)19-7-5-16-3-2-4-17(16)13-19/h5-8,13-14H,2-4,9-12,15H2,1H3. The van der Waals surface area contributed by atoms with Crippen molar-refractivity contribution in [3.8, 4) is 5.75 Å². The van der Waals surface area contributed by atoms with Crippen LogP contribution in [-0.4, -0.2) is 69.3 Å². The fourth-order valence-corrected chi connectivity index (χ4v) is 6.18. The normalized spacial score (nSPS) is 19.3. The topological polar surface area (TPSA) is 87.2 Å². The summed E-state index contributed by atoms with van der Waals surface area (Å²) in [5, 5.41) is 0. The van der Waals surface area contributed by atoms with Crippen molar-refractivity contribution in [1.29, 1.82) is 0 Å². The number of ether oxygens (including phenoxy) is 1. The number of nitrogens with zero attached hydrogens (tertiary/aromatic N) is 3. The number of hydrogen-bond donors (Lipinski definition) is 0. The first-order chi connectivity index (χ1) is 15.4. The molecule has 2 aliphatic heterocycles. The second kappa shape index (κ2) is 7.99. The summed E-state index contributed by atoms with van der Waals surface area (Å²) in [6, 6.07) is 10.4. The second-order valence-electron chi connectivity index (χ2n) is 8.39. The Bertz CT molecular complexity index is 1200. The van der Waals surface area contributed by atoms with Gasteiger partial charge in [-0.05, 0) is 54.7 Å². The van der Waals surface area contributed by atoms with Crippen LogP contribution in [0.1, 0.15) is 27.9 Å². The maximum atomic E-state index is 13.2. The zero-order chi connectivity index (χ0) is 22.5. The van der Waals surface area contributed by atoms with Gasteiger partial charge in [-0.2, -0.15) is 4.31 Å². The molecule has 0 N–H and O–H groups in total. The first-order valence-corrected chi connectivity index (χ1v) is 12.2. The molecule has 9 heteroatoms. The third-order valence-corrected chi connectivity index (χ3v) is 8.45. The molecule has 0 atom stereocenters. The number of Topliss-reactive ketones (excluding diaryl/α,β-unsaturated/α-hetero) is 1. The van der Waals surface area contributed by atoms with Gasteiger partial charge in [0.1, 0.15) is 5.75 Å². The fraction of sp³-hybridized carbons (Fsp3) is 0.391. The van der Waals surface area contributed by atoms with Gasteiger partial charge in [-0.25, -0.2) is 8.42 Å². The zero-order valence-corrected chi connectivity index (χ0v) is 18.7. The van der Waals surface area contributed by atoms with E-state index in [1.54, 1.807) is 24.3 Å². The molecule has 1 amide bonds. The Hall–Kier alpha value is -2.75. The number of amides is 1. The predicted molar refractivity (Wildman–Crippen MR) is 118 cm³/mol. The molecule has 0 saturated carbocycles. The number of ketones is 1. The minimum Gasteiger partial charge on any atom is -0.497 e. The molecular weight excluding hydrogens is 430 g/mol. The molecule has 2 aromatic carbocycles. The van der Waals surface area contributed by atoms with Gasteiger partial charge in [-0.1, -0.05) is 6.07 Å². The molecule has 1 saturated heterocycles. The maximum absolute atomic E-state index is 13.2. The number of rotatable bonds is 5. The molecule has 2 aromatic rings. The van der Waals surface area contributed by atoms with E-state index in [-0.39, 0.29) is 6.67 Å². The highest BCUT2D eigenvalue weighted by atomic mass is 32.2. The summed E-state index contributed by atoms with van der Waals surface area (Å²) in [7, 11) is -2.02. The fourth-order valence-electron chi connectivity index (χ4n) is 4.71. The molecule has 0 spiro atoms. The third kappa shape index (κ3) is 3.50. The van der Waals surface area contributed by atoms with Crippen molar-refractivity contribution < 1.29 is 22.7 Å². The number of piperazine rings is 1. The summed E-state index contributed by atoms with van der Waals surface area (Å²) in [5.74, 6) is -0.525. The van der Waals surface area contributed by atoms with Gasteiger partial charge in [0.05, 0.1) is 29.9 Å². The van der Waals surface area contributed by atoms with E-state index in [4.69, 9.17) is 4.74 Å². The summed E-state index contributed by atoms with van der Waals surface area (Å²) >= 11 is 0. The van der Waals surface area contributed by atoms with Crippen LogP contribution in [-0.2, 0) is 27.7 Å². The van der Waals surface area contributed by atoms with Gasteiger partial charge in [0, 0.05) is 32.2 Å². The van der Waals surface area contributed by atoms with Crippen molar-refractivity contribution >= 4 is 27.4 Å².